The smallest absolute Gasteiger partial charge is 0.262 e. The van der Waals surface area contributed by atoms with Crippen LogP contribution in [0.5, 0.6) is 11.5 Å². The molecule has 0 bridgehead atoms. The molecule has 0 spiro atoms. The van der Waals surface area contributed by atoms with Crippen LogP contribution in [-0.4, -0.2) is 24.7 Å². The van der Waals surface area contributed by atoms with Crippen molar-refractivity contribution in [2.45, 2.75) is 6.10 Å². The van der Waals surface area contributed by atoms with Crippen LogP contribution < -0.4 is 14.8 Å². The van der Waals surface area contributed by atoms with Crippen molar-refractivity contribution in [1.29, 1.82) is 0 Å². The number of ether oxygens (including phenoxy) is 2. The van der Waals surface area contributed by atoms with E-state index in [9.17, 15) is 9.90 Å². The van der Waals surface area contributed by atoms with Gasteiger partial charge in [0.25, 0.3) is 5.91 Å². The number of benzene rings is 2. The molecule has 3 rings (SSSR count). The van der Waals surface area contributed by atoms with Crippen molar-refractivity contribution in [3.05, 3.63) is 53.6 Å². The standard InChI is InChI=1S/C16H15NO4/c1-20-13-5-3-2-4-11(13)16(19)10-6-7-14-12(8-10)17-15(18)9-21-14/h2-8,16,19H,9H2,1H3,(H,17,18). The Balaban J connectivity index is 1.96. The van der Waals surface area contributed by atoms with Gasteiger partial charge in [0.15, 0.2) is 6.61 Å². The number of methoxy groups -OCH3 is 1. The van der Waals surface area contributed by atoms with Gasteiger partial charge in [-0.2, -0.15) is 0 Å². The zero-order chi connectivity index (χ0) is 14.8. The second kappa shape index (κ2) is 5.46. The molecule has 0 saturated carbocycles. The number of rotatable bonds is 3. The van der Waals surface area contributed by atoms with E-state index in [2.05, 4.69) is 5.32 Å². The normalized spacial score (nSPS) is 14.7. The van der Waals surface area contributed by atoms with Gasteiger partial charge in [0, 0.05) is 5.56 Å². The molecular formula is C16H15NO4. The molecule has 1 aliphatic heterocycles. The number of aliphatic hydroxyl groups excluding tert-OH is 1. The summed E-state index contributed by atoms with van der Waals surface area (Å²) in [6.07, 6.45) is -0.842. The number of hydrogen-bond donors (Lipinski definition) is 2. The lowest BCUT2D eigenvalue weighted by Crippen LogP contribution is -2.25. The number of carbonyl (C=O) groups is 1. The van der Waals surface area contributed by atoms with Crippen LogP contribution in [-0.2, 0) is 4.79 Å². The average molecular weight is 285 g/mol. The number of para-hydroxylation sites is 1. The van der Waals surface area contributed by atoms with Crippen LogP contribution in [0.3, 0.4) is 0 Å². The molecule has 0 radical (unpaired) electrons. The quantitative estimate of drug-likeness (QED) is 0.906. The molecule has 5 heteroatoms. The van der Waals surface area contributed by atoms with Gasteiger partial charge in [0.05, 0.1) is 12.8 Å². The minimum atomic E-state index is -0.842. The van der Waals surface area contributed by atoms with Crippen molar-refractivity contribution in [2.24, 2.45) is 0 Å². The molecule has 21 heavy (non-hydrogen) atoms. The summed E-state index contributed by atoms with van der Waals surface area (Å²) < 4.78 is 10.6. The van der Waals surface area contributed by atoms with E-state index in [0.29, 0.717) is 28.3 Å². The zero-order valence-corrected chi connectivity index (χ0v) is 11.5. The number of aliphatic hydroxyl groups is 1. The van der Waals surface area contributed by atoms with E-state index in [-0.39, 0.29) is 12.5 Å². The van der Waals surface area contributed by atoms with E-state index < -0.39 is 6.10 Å². The maximum Gasteiger partial charge on any atom is 0.262 e. The Hall–Kier alpha value is -2.53. The van der Waals surface area contributed by atoms with Gasteiger partial charge in [-0.05, 0) is 23.8 Å². The lowest BCUT2D eigenvalue weighted by Gasteiger charge is -2.20. The molecule has 1 atom stereocenters. The van der Waals surface area contributed by atoms with Crippen LogP contribution in [0.25, 0.3) is 0 Å². The maximum absolute atomic E-state index is 11.4. The summed E-state index contributed by atoms with van der Waals surface area (Å²) in [4.78, 5) is 11.4. The third kappa shape index (κ3) is 2.55. The van der Waals surface area contributed by atoms with Crippen molar-refractivity contribution in [3.8, 4) is 11.5 Å². The molecule has 0 fully saturated rings. The second-order valence-electron chi connectivity index (χ2n) is 4.74. The fraction of sp³-hybridized carbons (Fsp3) is 0.188. The lowest BCUT2D eigenvalue weighted by molar-refractivity contribution is -0.118. The predicted molar refractivity (Wildman–Crippen MR) is 77.6 cm³/mol. The van der Waals surface area contributed by atoms with E-state index in [4.69, 9.17) is 9.47 Å². The summed E-state index contributed by atoms with van der Waals surface area (Å²) in [6.45, 7) is 0.0153. The number of nitrogens with one attached hydrogen (secondary N) is 1. The minimum absolute atomic E-state index is 0.0153. The van der Waals surface area contributed by atoms with Gasteiger partial charge < -0.3 is 19.9 Å². The van der Waals surface area contributed by atoms with Crippen molar-refractivity contribution >= 4 is 11.6 Å². The van der Waals surface area contributed by atoms with Crippen LogP contribution in [0.4, 0.5) is 5.69 Å². The first-order valence-electron chi connectivity index (χ1n) is 6.56. The summed E-state index contributed by atoms with van der Waals surface area (Å²) in [7, 11) is 1.56. The SMILES string of the molecule is COc1ccccc1C(O)c1ccc2c(c1)NC(=O)CO2. The first-order valence-corrected chi connectivity index (χ1v) is 6.56. The third-order valence-corrected chi connectivity index (χ3v) is 3.39. The van der Waals surface area contributed by atoms with Crippen LogP contribution >= 0.6 is 0 Å². The number of amides is 1. The highest BCUT2D eigenvalue weighted by Gasteiger charge is 2.20. The highest BCUT2D eigenvalue weighted by molar-refractivity contribution is 5.95. The summed E-state index contributed by atoms with van der Waals surface area (Å²) in [5, 5.41) is 13.3. The Kier molecular flexibility index (Phi) is 3.50. The van der Waals surface area contributed by atoms with Gasteiger partial charge in [-0.25, -0.2) is 0 Å². The lowest BCUT2D eigenvalue weighted by atomic mass is 9.99. The third-order valence-electron chi connectivity index (χ3n) is 3.39. The van der Waals surface area contributed by atoms with E-state index in [1.807, 2.05) is 12.1 Å². The molecule has 0 aromatic heterocycles. The zero-order valence-electron chi connectivity index (χ0n) is 11.5. The molecule has 1 unspecified atom stereocenters. The Labute approximate surface area is 122 Å². The molecule has 1 amide bonds. The summed E-state index contributed by atoms with van der Waals surface area (Å²) in [5.41, 5.74) is 1.89. The number of carbonyl (C=O) groups excluding carboxylic acids is 1. The highest BCUT2D eigenvalue weighted by atomic mass is 16.5. The maximum atomic E-state index is 11.4. The Morgan fingerprint density at radius 3 is 2.90 bits per heavy atom. The molecule has 2 N–H and O–H groups in total. The van der Waals surface area contributed by atoms with E-state index in [1.165, 1.54) is 0 Å². The molecule has 1 aliphatic rings. The fourth-order valence-corrected chi connectivity index (χ4v) is 2.34. The van der Waals surface area contributed by atoms with Gasteiger partial charge >= 0.3 is 0 Å². The molecule has 2 aromatic rings. The highest BCUT2D eigenvalue weighted by Crippen LogP contribution is 2.35. The number of hydrogen-bond acceptors (Lipinski definition) is 4. The van der Waals surface area contributed by atoms with Crippen LogP contribution in [0, 0.1) is 0 Å². The molecular weight excluding hydrogens is 270 g/mol. The van der Waals surface area contributed by atoms with E-state index in [1.54, 1.807) is 37.4 Å². The Morgan fingerprint density at radius 1 is 1.29 bits per heavy atom. The fourth-order valence-electron chi connectivity index (χ4n) is 2.34. The van der Waals surface area contributed by atoms with Crippen LogP contribution in [0.2, 0.25) is 0 Å². The first kappa shape index (κ1) is 13.5. The van der Waals surface area contributed by atoms with Crippen molar-refractivity contribution in [3.63, 3.8) is 0 Å². The van der Waals surface area contributed by atoms with Gasteiger partial charge in [-0.1, -0.05) is 24.3 Å². The molecule has 5 nitrogen and oxygen atoms in total. The van der Waals surface area contributed by atoms with E-state index >= 15 is 0 Å². The van der Waals surface area contributed by atoms with Crippen molar-refractivity contribution in [2.75, 3.05) is 19.0 Å². The minimum Gasteiger partial charge on any atom is -0.496 e. The van der Waals surface area contributed by atoms with Crippen LogP contribution in [0.1, 0.15) is 17.2 Å². The Bertz CT molecular complexity index is 684. The molecule has 0 aliphatic carbocycles. The second-order valence-corrected chi connectivity index (χ2v) is 4.74. The van der Waals surface area contributed by atoms with Gasteiger partial charge in [-0.3, -0.25) is 4.79 Å². The van der Waals surface area contributed by atoms with Crippen molar-refractivity contribution in [1.82, 2.24) is 0 Å². The average Bonchev–Trinajstić information content (AvgIpc) is 2.53. The van der Waals surface area contributed by atoms with Crippen molar-refractivity contribution < 1.29 is 19.4 Å². The van der Waals surface area contributed by atoms with E-state index in [0.717, 1.165) is 0 Å². The molecule has 1 heterocycles. The number of fused-ring (bicyclic) bond motifs is 1. The molecule has 0 saturated heterocycles. The van der Waals surface area contributed by atoms with Crippen LogP contribution in [0.15, 0.2) is 42.5 Å². The summed E-state index contributed by atoms with van der Waals surface area (Å²) in [6, 6.07) is 12.5. The predicted octanol–water partition coefficient (Wildman–Crippen LogP) is 2.11. The van der Waals surface area contributed by atoms with Gasteiger partial charge in [-0.15, -0.1) is 0 Å². The molecule has 108 valence electrons. The number of anilines is 1. The largest absolute Gasteiger partial charge is 0.496 e. The Morgan fingerprint density at radius 2 is 2.10 bits per heavy atom. The monoisotopic (exact) mass is 285 g/mol. The summed E-state index contributed by atoms with van der Waals surface area (Å²) in [5.74, 6) is 1.01. The van der Waals surface area contributed by atoms with Gasteiger partial charge in [0.1, 0.15) is 17.6 Å². The summed E-state index contributed by atoms with van der Waals surface area (Å²) >= 11 is 0. The molecule has 2 aromatic carbocycles. The topological polar surface area (TPSA) is 67.8 Å². The first-order chi connectivity index (χ1) is 10.2. The van der Waals surface area contributed by atoms with Gasteiger partial charge in [0.2, 0.25) is 0 Å².